The topological polar surface area (TPSA) is 90.0 Å². The Morgan fingerprint density at radius 1 is 1.00 bits per heavy atom. The van der Waals surface area contributed by atoms with Gasteiger partial charge in [0.2, 0.25) is 5.91 Å². The molecule has 2 N–H and O–H groups in total. The van der Waals surface area contributed by atoms with E-state index in [0.717, 1.165) is 30.9 Å². The lowest BCUT2D eigenvalue weighted by Gasteiger charge is -2.35. The number of carboxylic acids is 1. The predicted octanol–water partition coefficient (Wildman–Crippen LogP) is 2.44. The molecule has 1 fully saturated rings. The van der Waals surface area contributed by atoms with Gasteiger partial charge in [-0.2, -0.15) is 0 Å². The maximum Gasteiger partial charge on any atom is 0.338 e. The van der Waals surface area contributed by atoms with Gasteiger partial charge in [0.05, 0.1) is 5.56 Å². The number of carbonyl (C=O) groups is 3. The number of aromatic carboxylic acids is 1. The lowest BCUT2D eigenvalue weighted by Crippen LogP contribution is -2.48. The fraction of sp³-hybridized carbons (Fsp3) is 0.250. The zero-order valence-corrected chi connectivity index (χ0v) is 15.3. The van der Waals surface area contributed by atoms with Crippen molar-refractivity contribution in [1.82, 2.24) is 4.90 Å². The van der Waals surface area contributed by atoms with Crippen LogP contribution in [-0.2, 0) is 4.79 Å². The second-order valence-corrected chi connectivity index (χ2v) is 6.49. The molecule has 2 aromatic rings. The Morgan fingerprint density at radius 2 is 1.64 bits per heavy atom. The van der Waals surface area contributed by atoms with E-state index in [0.29, 0.717) is 18.8 Å². The number of nitrogens with one attached hydrogen (secondary N) is 1. The Bertz CT molecular complexity index is 906. The van der Waals surface area contributed by atoms with Crippen LogP contribution < -0.4 is 10.2 Å². The summed E-state index contributed by atoms with van der Waals surface area (Å²) in [5, 5.41) is 11.5. The molecule has 2 aromatic carbocycles. The molecule has 0 spiro atoms. The van der Waals surface area contributed by atoms with Crippen molar-refractivity contribution in [1.29, 1.82) is 0 Å². The van der Waals surface area contributed by atoms with Gasteiger partial charge in [0, 0.05) is 50.0 Å². The monoisotopic (exact) mass is 385 g/mol. The summed E-state index contributed by atoms with van der Waals surface area (Å²) < 4.78 is 13.7. The molecule has 0 atom stereocenters. The van der Waals surface area contributed by atoms with Crippen LogP contribution in [0.1, 0.15) is 27.6 Å². The molecule has 1 aliphatic rings. The van der Waals surface area contributed by atoms with Crippen LogP contribution in [0, 0.1) is 5.82 Å². The lowest BCUT2D eigenvalue weighted by atomic mass is 10.1. The number of rotatable bonds is 4. The summed E-state index contributed by atoms with van der Waals surface area (Å²) in [5.74, 6) is -2.80. The SMILES string of the molecule is CC(=O)N1CCN(c2ccc(NC(=O)c3ccc(C(=O)O)c(F)c3)cc2)CC1. The molecule has 0 aliphatic carbocycles. The van der Waals surface area contributed by atoms with Gasteiger partial charge in [-0.15, -0.1) is 0 Å². The van der Waals surface area contributed by atoms with Crippen molar-refractivity contribution >= 4 is 29.2 Å². The third kappa shape index (κ3) is 4.28. The second kappa shape index (κ2) is 8.08. The highest BCUT2D eigenvalue weighted by Gasteiger charge is 2.19. The van der Waals surface area contributed by atoms with E-state index in [9.17, 15) is 18.8 Å². The van der Waals surface area contributed by atoms with E-state index in [1.165, 1.54) is 6.07 Å². The Hall–Kier alpha value is -3.42. The smallest absolute Gasteiger partial charge is 0.338 e. The lowest BCUT2D eigenvalue weighted by molar-refractivity contribution is -0.129. The molecule has 28 heavy (non-hydrogen) atoms. The molecule has 0 aromatic heterocycles. The van der Waals surface area contributed by atoms with E-state index in [4.69, 9.17) is 5.11 Å². The molecule has 146 valence electrons. The summed E-state index contributed by atoms with van der Waals surface area (Å²) >= 11 is 0. The number of halogens is 1. The first-order valence-electron chi connectivity index (χ1n) is 8.80. The first kappa shape index (κ1) is 19.3. The largest absolute Gasteiger partial charge is 0.478 e. The summed E-state index contributed by atoms with van der Waals surface area (Å²) in [5.41, 5.74) is 1.08. The molecule has 1 heterocycles. The van der Waals surface area contributed by atoms with Gasteiger partial charge in [0.25, 0.3) is 5.91 Å². The molecular weight excluding hydrogens is 365 g/mol. The van der Waals surface area contributed by atoms with Gasteiger partial charge in [-0.1, -0.05) is 0 Å². The Morgan fingerprint density at radius 3 is 2.18 bits per heavy atom. The first-order chi connectivity index (χ1) is 13.3. The summed E-state index contributed by atoms with van der Waals surface area (Å²) in [7, 11) is 0. The van der Waals surface area contributed by atoms with E-state index in [1.807, 2.05) is 12.1 Å². The van der Waals surface area contributed by atoms with Gasteiger partial charge in [-0.3, -0.25) is 9.59 Å². The highest BCUT2D eigenvalue weighted by molar-refractivity contribution is 6.04. The third-order valence-electron chi connectivity index (χ3n) is 4.68. The van der Waals surface area contributed by atoms with Crippen LogP contribution in [0.5, 0.6) is 0 Å². The van der Waals surface area contributed by atoms with Crippen LogP contribution in [0.25, 0.3) is 0 Å². The van der Waals surface area contributed by atoms with Crippen LogP contribution in [0.3, 0.4) is 0 Å². The molecule has 1 aliphatic heterocycles. The zero-order valence-electron chi connectivity index (χ0n) is 15.3. The van der Waals surface area contributed by atoms with Crippen molar-refractivity contribution in [3.05, 3.63) is 59.4 Å². The first-order valence-corrected chi connectivity index (χ1v) is 8.80. The minimum Gasteiger partial charge on any atom is -0.478 e. The molecule has 8 heteroatoms. The van der Waals surface area contributed by atoms with Crippen LogP contribution in [0.4, 0.5) is 15.8 Å². The number of benzene rings is 2. The van der Waals surface area contributed by atoms with Gasteiger partial charge in [0.15, 0.2) is 0 Å². The minimum atomic E-state index is -1.39. The van der Waals surface area contributed by atoms with E-state index >= 15 is 0 Å². The van der Waals surface area contributed by atoms with Crippen molar-refractivity contribution in [3.8, 4) is 0 Å². The average molecular weight is 385 g/mol. The maximum atomic E-state index is 13.7. The maximum absolute atomic E-state index is 13.7. The molecule has 7 nitrogen and oxygen atoms in total. The highest BCUT2D eigenvalue weighted by atomic mass is 19.1. The fourth-order valence-corrected chi connectivity index (χ4v) is 3.07. The average Bonchev–Trinajstić information content (AvgIpc) is 2.68. The number of carbonyl (C=O) groups excluding carboxylic acids is 2. The fourth-order valence-electron chi connectivity index (χ4n) is 3.07. The molecule has 0 unspecified atom stereocenters. The van der Waals surface area contributed by atoms with Crippen LogP contribution in [0.2, 0.25) is 0 Å². The van der Waals surface area contributed by atoms with Crippen LogP contribution >= 0.6 is 0 Å². The predicted molar refractivity (Wildman–Crippen MR) is 102 cm³/mol. The Balaban J connectivity index is 1.63. The van der Waals surface area contributed by atoms with Gasteiger partial charge in [-0.25, -0.2) is 9.18 Å². The molecule has 2 amide bonds. The highest BCUT2D eigenvalue weighted by Crippen LogP contribution is 2.20. The molecule has 0 bridgehead atoms. The summed E-state index contributed by atoms with van der Waals surface area (Å²) in [6.45, 7) is 4.38. The van der Waals surface area contributed by atoms with E-state index in [2.05, 4.69) is 10.2 Å². The van der Waals surface area contributed by atoms with Crippen LogP contribution in [0.15, 0.2) is 42.5 Å². The van der Waals surface area contributed by atoms with Gasteiger partial charge >= 0.3 is 5.97 Å². The van der Waals surface area contributed by atoms with Gasteiger partial charge in [-0.05, 0) is 42.5 Å². The summed E-state index contributed by atoms with van der Waals surface area (Å²) in [6.07, 6.45) is 0. The third-order valence-corrected chi connectivity index (χ3v) is 4.68. The minimum absolute atomic E-state index is 0.0342. The Labute approximate surface area is 161 Å². The molecule has 0 saturated carbocycles. The molecule has 3 rings (SSSR count). The van der Waals surface area contributed by atoms with Gasteiger partial charge in [0.1, 0.15) is 5.82 Å². The molecular formula is C20H20FN3O4. The summed E-state index contributed by atoms with van der Waals surface area (Å²) in [4.78, 5) is 38.5. The number of nitrogens with zero attached hydrogens (tertiary/aromatic N) is 2. The van der Waals surface area contributed by atoms with Crippen molar-refractivity contribution in [3.63, 3.8) is 0 Å². The number of piperazine rings is 1. The number of hydrogen-bond donors (Lipinski definition) is 2. The standard InChI is InChI=1S/C20H20FN3O4/c1-13(25)23-8-10-24(11-9-23)16-5-3-15(4-6-16)22-19(26)14-2-7-17(20(27)28)18(21)12-14/h2-7,12H,8-11H2,1H3,(H,22,26)(H,27,28). The van der Waals surface area contributed by atoms with E-state index < -0.39 is 23.3 Å². The molecule has 0 radical (unpaired) electrons. The van der Waals surface area contributed by atoms with Crippen molar-refractivity contribution in [2.45, 2.75) is 6.92 Å². The number of amides is 2. The van der Waals surface area contributed by atoms with E-state index in [1.54, 1.807) is 24.0 Å². The quantitative estimate of drug-likeness (QED) is 0.844. The van der Waals surface area contributed by atoms with Crippen molar-refractivity contribution in [2.75, 3.05) is 36.4 Å². The number of anilines is 2. The second-order valence-electron chi connectivity index (χ2n) is 6.49. The van der Waals surface area contributed by atoms with E-state index in [-0.39, 0.29) is 11.5 Å². The van der Waals surface area contributed by atoms with Crippen LogP contribution in [-0.4, -0.2) is 54.0 Å². The summed E-state index contributed by atoms with van der Waals surface area (Å²) in [6, 6.07) is 10.5. The molecule has 1 saturated heterocycles. The zero-order chi connectivity index (χ0) is 20.3. The van der Waals surface area contributed by atoms with Gasteiger partial charge < -0.3 is 20.2 Å². The van der Waals surface area contributed by atoms with Crippen molar-refractivity contribution < 1.29 is 23.9 Å². The number of carboxylic acid groups (broad SMARTS) is 1. The number of hydrogen-bond acceptors (Lipinski definition) is 4. The van der Waals surface area contributed by atoms with Crippen molar-refractivity contribution in [2.24, 2.45) is 0 Å². The normalized spacial score (nSPS) is 13.9. The Kier molecular flexibility index (Phi) is 5.58.